The number of rotatable bonds is 5. The number of hydrogen-bond acceptors (Lipinski definition) is 6. The molecule has 2 amide bonds. The van der Waals surface area contributed by atoms with Crippen molar-refractivity contribution in [1.82, 2.24) is 9.97 Å². The van der Waals surface area contributed by atoms with Gasteiger partial charge in [0.2, 0.25) is 5.91 Å². The van der Waals surface area contributed by atoms with Crippen molar-refractivity contribution in [3.63, 3.8) is 0 Å². The van der Waals surface area contributed by atoms with Gasteiger partial charge in [0.15, 0.2) is 11.2 Å². The third kappa shape index (κ3) is 3.72. The van der Waals surface area contributed by atoms with Crippen LogP contribution >= 0.6 is 11.3 Å². The topological polar surface area (TPSA) is 84.4 Å². The van der Waals surface area contributed by atoms with Gasteiger partial charge in [0, 0.05) is 36.3 Å². The number of carbonyl (C=O) groups excluding carboxylic acids is 2. The molecule has 7 nitrogen and oxygen atoms in total. The number of benzene rings is 1. The lowest BCUT2D eigenvalue weighted by molar-refractivity contribution is -0.125. The molecule has 0 radical (unpaired) electrons. The smallest absolute Gasteiger partial charge is 0.267 e. The van der Waals surface area contributed by atoms with Crippen LogP contribution in [0, 0.1) is 0 Å². The van der Waals surface area contributed by atoms with Crippen molar-refractivity contribution in [3.8, 4) is 17.0 Å². The minimum absolute atomic E-state index is 0.153. The summed E-state index contributed by atoms with van der Waals surface area (Å²) < 4.78 is 5.62. The molecule has 3 heterocycles. The van der Waals surface area contributed by atoms with Crippen molar-refractivity contribution in [2.24, 2.45) is 0 Å². The predicted octanol–water partition coefficient (Wildman–Crippen LogP) is 3.35. The van der Waals surface area contributed by atoms with Crippen molar-refractivity contribution < 1.29 is 14.3 Å². The van der Waals surface area contributed by atoms with Gasteiger partial charge in [0.25, 0.3) is 5.91 Å². The van der Waals surface area contributed by atoms with E-state index in [1.54, 1.807) is 24.2 Å². The predicted molar refractivity (Wildman–Crippen MR) is 107 cm³/mol. The minimum Gasteiger partial charge on any atom is -0.479 e. The molecule has 142 valence electrons. The van der Waals surface area contributed by atoms with Gasteiger partial charge in [-0.1, -0.05) is 12.1 Å². The number of thiazole rings is 1. The second kappa shape index (κ2) is 7.77. The number of pyridine rings is 1. The number of nitrogens with one attached hydrogen (secondary N) is 1. The molecule has 1 aliphatic heterocycles. The lowest BCUT2D eigenvalue weighted by Gasteiger charge is -2.32. The third-order valence-electron chi connectivity index (χ3n) is 4.34. The van der Waals surface area contributed by atoms with Gasteiger partial charge in [0.1, 0.15) is 5.75 Å². The standard InChI is InChI=1S/C20H18N4O3S/c1-13-19(26)24(16-6-2-3-7-17(16)27-13)10-8-18(25)23-20-22-15(12-28-20)14-5-4-9-21-11-14/h2-7,9,11-13H,8,10H2,1H3,(H,22,23,25). The van der Waals surface area contributed by atoms with Crippen LogP contribution in [0.2, 0.25) is 0 Å². The van der Waals surface area contributed by atoms with Crippen LogP contribution in [0.15, 0.2) is 54.2 Å². The molecule has 1 aliphatic rings. The monoisotopic (exact) mass is 394 g/mol. The Morgan fingerprint density at radius 2 is 2.14 bits per heavy atom. The fourth-order valence-corrected chi connectivity index (χ4v) is 3.70. The quantitative estimate of drug-likeness (QED) is 0.717. The Labute approximate surface area is 166 Å². The summed E-state index contributed by atoms with van der Waals surface area (Å²) >= 11 is 1.35. The van der Waals surface area contributed by atoms with Gasteiger partial charge in [-0.25, -0.2) is 4.98 Å². The van der Waals surface area contributed by atoms with Gasteiger partial charge in [-0.05, 0) is 31.2 Å². The number of ether oxygens (including phenoxy) is 1. The van der Waals surface area contributed by atoms with E-state index in [2.05, 4.69) is 15.3 Å². The van der Waals surface area contributed by atoms with Gasteiger partial charge in [-0.3, -0.25) is 14.6 Å². The van der Waals surface area contributed by atoms with Crippen LogP contribution in [0.25, 0.3) is 11.3 Å². The van der Waals surface area contributed by atoms with E-state index in [9.17, 15) is 9.59 Å². The molecule has 0 aliphatic carbocycles. The molecule has 0 fully saturated rings. The van der Waals surface area contributed by atoms with Crippen molar-refractivity contribution >= 4 is 34.0 Å². The first-order chi connectivity index (χ1) is 13.6. The molecule has 4 rings (SSSR count). The molecule has 1 aromatic carbocycles. The van der Waals surface area contributed by atoms with Crippen LogP contribution in [-0.4, -0.2) is 34.4 Å². The molecule has 1 atom stereocenters. The normalized spacial score (nSPS) is 15.7. The molecule has 8 heteroatoms. The van der Waals surface area contributed by atoms with Crippen molar-refractivity contribution in [1.29, 1.82) is 0 Å². The Morgan fingerprint density at radius 3 is 2.96 bits per heavy atom. The summed E-state index contributed by atoms with van der Waals surface area (Å²) in [4.78, 5) is 34.9. The fraction of sp³-hybridized carbons (Fsp3) is 0.200. The van der Waals surface area contributed by atoms with E-state index in [0.29, 0.717) is 16.6 Å². The van der Waals surface area contributed by atoms with E-state index in [4.69, 9.17) is 4.74 Å². The summed E-state index contributed by atoms with van der Waals surface area (Å²) in [5.74, 6) is 0.298. The molecule has 0 saturated heterocycles. The zero-order valence-electron chi connectivity index (χ0n) is 15.2. The van der Waals surface area contributed by atoms with Crippen molar-refractivity contribution in [2.45, 2.75) is 19.4 Å². The van der Waals surface area contributed by atoms with E-state index in [0.717, 1.165) is 11.3 Å². The summed E-state index contributed by atoms with van der Waals surface area (Å²) in [6, 6.07) is 11.1. The summed E-state index contributed by atoms with van der Waals surface area (Å²) in [6.45, 7) is 1.98. The Balaban J connectivity index is 1.40. The maximum Gasteiger partial charge on any atom is 0.267 e. The first-order valence-electron chi connectivity index (χ1n) is 8.84. The highest BCUT2D eigenvalue weighted by molar-refractivity contribution is 7.14. The maximum atomic E-state index is 12.5. The Kier molecular flexibility index (Phi) is 5.03. The highest BCUT2D eigenvalue weighted by atomic mass is 32.1. The second-order valence-electron chi connectivity index (χ2n) is 6.30. The van der Waals surface area contributed by atoms with E-state index < -0.39 is 6.10 Å². The molecular formula is C20H18N4O3S. The number of anilines is 2. The Morgan fingerprint density at radius 1 is 1.29 bits per heavy atom. The van der Waals surface area contributed by atoms with Gasteiger partial charge < -0.3 is 15.0 Å². The van der Waals surface area contributed by atoms with Crippen LogP contribution in [0.1, 0.15) is 13.3 Å². The molecule has 2 aromatic heterocycles. The zero-order valence-corrected chi connectivity index (χ0v) is 16.0. The average molecular weight is 394 g/mol. The number of para-hydroxylation sites is 2. The molecule has 0 saturated carbocycles. The molecule has 0 spiro atoms. The first-order valence-corrected chi connectivity index (χ1v) is 9.72. The van der Waals surface area contributed by atoms with Crippen LogP contribution < -0.4 is 15.0 Å². The number of amides is 2. The number of carbonyl (C=O) groups is 2. The van der Waals surface area contributed by atoms with E-state index in [1.165, 1.54) is 11.3 Å². The van der Waals surface area contributed by atoms with Crippen LogP contribution in [-0.2, 0) is 9.59 Å². The Bertz CT molecular complexity index is 1010. The minimum atomic E-state index is -0.570. The largest absolute Gasteiger partial charge is 0.479 e. The van der Waals surface area contributed by atoms with Crippen molar-refractivity contribution in [2.75, 3.05) is 16.8 Å². The van der Waals surface area contributed by atoms with Gasteiger partial charge >= 0.3 is 0 Å². The molecule has 1 N–H and O–H groups in total. The van der Waals surface area contributed by atoms with Gasteiger partial charge in [-0.15, -0.1) is 11.3 Å². The molecule has 1 unspecified atom stereocenters. The number of aromatic nitrogens is 2. The molecule has 28 heavy (non-hydrogen) atoms. The highest BCUT2D eigenvalue weighted by Gasteiger charge is 2.31. The van der Waals surface area contributed by atoms with Crippen LogP contribution in [0.4, 0.5) is 10.8 Å². The Hall–Kier alpha value is -3.26. The highest BCUT2D eigenvalue weighted by Crippen LogP contribution is 2.33. The van der Waals surface area contributed by atoms with E-state index >= 15 is 0 Å². The summed E-state index contributed by atoms with van der Waals surface area (Å²) in [5.41, 5.74) is 2.34. The average Bonchev–Trinajstić information content (AvgIpc) is 3.17. The lowest BCUT2D eigenvalue weighted by atomic mass is 10.1. The maximum absolute atomic E-state index is 12.5. The van der Waals surface area contributed by atoms with Crippen LogP contribution in [0.3, 0.4) is 0 Å². The molecule has 3 aromatic rings. The lowest BCUT2D eigenvalue weighted by Crippen LogP contribution is -2.45. The number of fused-ring (bicyclic) bond motifs is 1. The first kappa shape index (κ1) is 18.1. The SMILES string of the molecule is CC1Oc2ccccc2N(CCC(=O)Nc2nc(-c3cccnc3)cs2)C1=O. The second-order valence-corrected chi connectivity index (χ2v) is 7.15. The van der Waals surface area contributed by atoms with E-state index in [1.807, 2.05) is 41.8 Å². The molecule has 0 bridgehead atoms. The number of hydrogen-bond donors (Lipinski definition) is 1. The summed E-state index contributed by atoms with van der Waals surface area (Å²) in [5, 5.41) is 5.19. The van der Waals surface area contributed by atoms with Crippen LogP contribution in [0.5, 0.6) is 5.75 Å². The fourth-order valence-electron chi connectivity index (χ4n) is 2.96. The van der Waals surface area contributed by atoms with Gasteiger partial charge in [0.05, 0.1) is 11.4 Å². The zero-order chi connectivity index (χ0) is 19.5. The number of nitrogens with zero attached hydrogens (tertiary/aromatic N) is 3. The van der Waals surface area contributed by atoms with E-state index in [-0.39, 0.29) is 24.8 Å². The summed E-state index contributed by atoms with van der Waals surface area (Å²) in [6.07, 6.45) is 3.02. The molecular weight excluding hydrogens is 376 g/mol. The summed E-state index contributed by atoms with van der Waals surface area (Å²) in [7, 11) is 0. The third-order valence-corrected chi connectivity index (χ3v) is 5.10. The van der Waals surface area contributed by atoms with Crippen molar-refractivity contribution in [3.05, 3.63) is 54.2 Å². The van der Waals surface area contributed by atoms with Gasteiger partial charge in [-0.2, -0.15) is 0 Å².